The molecule has 3 heteroatoms. The second-order valence-corrected chi connectivity index (χ2v) is 4.64. The van der Waals surface area contributed by atoms with Crippen molar-refractivity contribution in [2.45, 2.75) is 52.0 Å². The van der Waals surface area contributed by atoms with Gasteiger partial charge in [-0.15, -0.1) is 0 Å². The van der Waals surface area contributed by atoms with Gasteiger partial charge in [-0.1, -0.05) is 12.8 Å². The lowest BCUT2D eigenvalue weighted by Crippen LogP contribution is -2.38. The number of carbonyl (C=O) groups is 1. The lowest BCUT2D eigenvalue weighted by Gasteiger charge is -2.29. The largest absolute Gasteiger partial charge is 0.380 e. The van der Waals surface area contributed by atoms with E-state index in [0.29, 0.717) is 18.2 Å². The van der Waals surface area contributed by atoms with Gasteiger partial charge in [0.2, 0.25) is 0 Å². The molecule has 0 aromatic rings. The van der Waals surface area contributed by atoms with Crippen LogP contribution >= 0.6 is 0 Å². The highest BCUT2D eigenvalue weighted by atomic mass is 16.5. The van der Waals surface area contributed by atoms with Crippen molar-refractivity contribution >= 4 is 5.78 Å². The summed E-state index contributed by atoms with van der Waals surface area (Å²) in [4.78, 5) is 13.7. The zero-order valence-electron chi connectivity index (χ0n) is 10.7. The summed E-state index contributed by atoms with van der Waals surface area (Å²) in [5.74, 6) is 0.313. The molecular formula is C13H25NO2. The first kappa shape index (κ1) is 13.7. The van der Waals surface area contributed by atoms with Crippen molar-refractivity contribution in [2.75, 3.05) is 26.3 Å². The van der Waals surface area contributed by atoms with E-state index in [4.69, 9.17) is 4.74 Å². The standard InChI is InChI=1S/C13H25NO2/c1-3-16-10-9-14-8-6-4-5-7-13(14)11-12(2)15/h13H,3-11H2,1-2H3. The Kier molecular flexibility index (Phi) is 6.65. The first-order valence-electron chi connectivity index (χ1n) is 6.55. The van der Waals surface area contributed by atoms with Gasteiger partial charge in [0.1, 0.15) is 5.78 Å². The van der Waals surface area contributed by atoms with E-state index in [0.717, 1.165) is 26.3 Å². The van der Waals surface area contributed by atoms with Crippen LogP contribution in [0.3, 0.4) is 0 Å². The lowest BCUT2D eigenvalue weighted by molar-refractivity contribution is -0.118. The number of carbonyl (C=O) groups excluding carboxylic acids is 1. The quantitative estimate of drug-likeness (QED) is 0.652. The molecule has 0 radical (unpaired) electrons. The molecule has 0 spiro atoms. The van der Waals surface area contributed by atoms with Gasteiger partial charge in [0.15, 0.2) is 0 Å². The topological polar surface area (TPSA) is 29.5 Å². The first-order valence-corrected chi connectivity index (χ1v) is 6.55. The maximum atomic E-state index is 11.2. The van der Waals surface area contributed by atoms with Crippen molar-refractivity contribution in [3.05, 3.63) is 0 Å². The maximum absolute atomic E-state index is 11.2. The summed E-state index contributed by atoms with van der Waals surface area (Å²) in [6.07, 6.45) is 5.72. The van der Waals surface area contributed by atoms with Gasteiger partial charge in [-0.2, -0.15) is 0 Å². The van der Waals surface area contributed by atoms with Crippen molar-refractivity contribution < 1.29 is 9.53 Å². The van der Waals surface area contributed by atoms with Crippen LogP contribution in [0.2, 0.25) is 0 Å². The Labute approximate surface area is 99.1 Å². The molecule has 0 amide bonds. The second-order valence-electron chi connectivity index (χ2n) is 4.64. The molecule has 1 fully saturated rings. The summed E-state index contributed by atoms with van der Waals surface area (Å²) in [5, 5.41) is 0. The van der Waals surface area contributed by atoms with Crippen molar-refractivity contribution in [1.82, 2.24) is 4.90 Å². The summed E-state index contributed by atoms with van der Waals surface area (Å²) >= 11 is 0. The average molecular weight is 227 g/mol. The fourth-order valence-electron chi connectivity index (χ4n) is 2.42. The van der Waals surface area contributed by atoms with Crippen molar-refractivity contribution in [3.8, 4) is 0 Å². The highest BCUT2D eigenvalue weighted by Gasteiger charge is 2.21. The van der Waals surface area contributed by atoms with Crippen LogP contribution < -0.4 is 0 Å². The minimum Gasteiger partial charge on any atom is -0.380 e. The second kappa shape index (κ2) is 7.80. The van der Waals surface area contributed by atoms with Crippen LogP contribution in [0.5, 0.6) is 0 Å². The summed E-state index contributed by atoms with van der Waals surface area (Å²) in [5.41, 5.74) is 0. The monoisotopic (exact) mass is 227 g/mol. The molecule has 0 aromatic carbocycles. The van der Waals surface area contributed by atoms with E-state index in [-0.39, 0.29) is 0 Å². The Balaban J connectivity index is 2.41. The van der Waals surface area contributed by atoms with E-state index in [1.165, 1.54) is 25.7 Å². The fourth-order valence-corrected chi connectivity index (χ4v) is 2.42. The Morgan fingerprint density at radius 3 is 2.88 bits per heavy atom. The zero-order chi connectivity index (χ0) is 11.8. The molecule has 1 rings (SSSR count). The molecule has 94 valence electrons. The number of rotatable bonds is 6. The summed E-state index contributed by atoms with van der Waals surface area (Å²) in [6, 6.07) is 0.459. The molecule has 1 aliphatic rings. The van der Waals surface area contributed by atoms with E-state index in [2.05, 4.69) is 4.90 Å². The molecule has 0 saturated carbocycles. The molecule has 1 saturated heterocycles. The predicted molar refractivity (Wildman–Crippen MR) is 65.6 cm³/mol. The van der Waals surface area contributed by atoms with Gasteiger partial charge in [-0.25, -0.2) is 0 Å². The number of likely N-dealkylation sites (tertiary alicyclic amines) is 1. The minimum absolute atomic E-state index is 0.313. The van der Waals surface area contributed by atoms with E-state index in [9.17, 15) is 4.79 Å². The maximum Gasteiger partial charge on any atom is 0.131 e. The van der Waals surface area contributed by atoms with Gasteiger partial charge in [0.25, 0.3) is 0 Å². The van der Waals surface area contributed by atoms with Crippen LogP contribution in [0.25, 0.3) is 0 Å². The van der Waals surface area contributed by atoms with Crippen LogP contribution in [0.1, 0.15) is 46.0 Å². The molecule has 3 nitrogen and oxygen atoms in total. The van der Waals surface area contributed by atoms with Crippen molar-refractivity contribution in [1.29, 1.82) is 0 Å². The average Bonchev–Trinajstić information content (AvgIpc) is 2.44. The number of hydrogen-bond donors (Lipinski definition) is 0. The van der Waals surface area contributed by atoms with Gasteiger partial charge < -0.3 is 4.74 Å². The predicted octanol–water partition coefficient (Wildman–Crippen LogP) is 2.25. The number of nitrogens with zero attached hydrogens (tertiary/aromatic N) is 1. The fraction of sp³-hybridized carbons (Fsp3) is 0.923. The molecule has 0 N–H and O–H groups in total. The number of ketones is 1. The first-order chi connectivity index (χ1) is 7.74. The smallest absolute Gasteiger partial charge is 0.131 e. The van der Waals surface area contributed by atoms with E-state index < -0.39 is 0 Å². The Bertz CT molecular complexity index is 206. The Morgan fingerprint density at radius 1 is 1.38 bits per heavy atom. The number of Topliss-reactive ketones (excluding diaryl/α,β-unsaturated/α-hetero) is 1. The van der Waals surface area contributed by atoms with Gasteiger partial charge in [-0.3, -0.25) is 9.69 Å². The van der Waals surface area contributed by atoms with Crippen molar-refractivity contribution in [3.63, 3.8) is 0 Å². The van der Waals surface area contributed by atoms with E-state index >= 15 is 0 Å². The minimum atomic E-state index is 0.313. The Morgan fingerprint density at radius 2 is 2.19 bits per heavy atom. The van der Waals surface area contributed by atoms with Crippen LogP contribution in [0.4, 0.5) is 0 Å². The zero-order valence-corrected chi connectivity index (χ0v) is 10.7. The summed E-state index contributed by atoms with van der Waals surface area (Å²) in [6.45, 7) is 7.41. The molecule has 0 aliphatic carbocycles. The van der Waals surface area contributed by atoms with Crippen LogP contribution in [-0.2, 0) is 9.53 Å². The van der Waals surface area contributed by atoms with Gasteiger partial charge >= 0.3 is 0 Å². The third-order valence-electron chi connectivity index (χ3n) is 3.25. The summed E-state index contributed by atoms with van der Waals surface area (Å²) < 4.78 is 5.40. The third-order valence-corrected chi connectivity index (χ3v) is 3.25. The van der Waals surface area contributed by atoms with Crippen molar-refractivity contribution in [2.24, 2.45) is 0 Å². The van der Waals surface area contributed by atoms with Gasteiger partial charge in [0.05, 0.1) is 6.61 Å². The highest BCUT2D eigenvalue weighted by Crippen LogP contribution is 2.19. The highest BCUT2D eigenvalue weighted by molar-refractivity contribution is 5.76. The molecule has 16 heavy (non-hydrogen) atoms. The van der Waals surface area contributed by atoms with Crippen LogP contribution in [0, 0.1) is 0 Å². The van der Waals surface area contributed by atoms with Crippen LogP contribution in [0.15, 0.2) is 0 Å². The van der Waals surface area contributed by atoms with Gasteiger partial charge in [-0.05, 0) is 33.2 Å². The normalized spacial score (nSPS) is 23.0. The molecular weight excluding hydrogens is 202 g/mol. The molecule has 0 bridgehead atoms. The lowest BCUT2D eigenvalue weighted by atomic mass is 10.0. The Hall–Kier alpha value is -0.410. The van der Waals surface area contributed by atoms with Gasteiger partial charge in [0, 0.05) is 25.6 Å². The summed E-state index contributed by atoms with van der Waals surface area (Å²) in [7, 11) is 0. The third kappa shape index (κ3) is 5.08. The number of hydrogen-bond acceptors (Lipinski definition) is 3. The SMILES string of the molecule is CCOCCN1CCCCCC1CC(C)=O. The van der Waals surface area contributed by atoms with E-state index in [1.54, 1.807) is 6.92 Å². The number of ether oxygens (including phenoxy) is 1. The van der Waals surface area contributed by atoms with E-state index in [1.807, 2.05) is 6.92 Å². The molecule has 1 heterocycles. The van der Waals surface area contributed by atoms with Crippen LogP contribution in [-0.4, -0.2) is 43.0 Å². The molecule has 0 aromatic heterocycles. The molecule has 1 unspecified atom stereocenters. The molecule has 1 atom stereocenters. The molecule has 1 aliphatic heterocycles.